The van der Waals surface area contributed by atoms with Gasteiger partial charge in [-0.05, 0) is 40.5 Å². The van der Waals surface area contributed by atoms with Crippen molar-refractivity contribution in [2.24, 2.45) is 0 Å². The highest BCUT2D eigenvalue weighted by Crippen LogP contribution is 2.23. The van der Waals surface area contributed by atoms with E-state index in [1.165, 1.54) is 6.92 Å². The average molecular weight is 306 g/mol. The predicted molar refractivity (Wildman–Crippen MR) is 55.9 cm³/mol. The van der Waals surface area contributed by atoms with Gasteiger partial charge in [-0.1, -0.05) is 0 Å². The van der Waals surface area contributed by atoms with Crippen LogP contribution in [0.4, 0.5) is 4.39 Å². The molecule has 0 spiro atoms. The summed E-state index contributed by atoms with van der Waals surface area (Å²) < 4.78 is 43.0. The molecule has 0 amide bonds. The van der Waals surface area contributed by atoms with E-state index in [2.05, 4.69) is 15.9 Å². The highest BCUT2D eigenvalue weighted by atomic mass is 79.9. The van der Waals surface area contributed by atoms with Crippen molar-refractivity contribution in [2.75, 3.05) is 0 Å². The van der Waals surface area contributed by atoms with E-state index in [1.54, 1.807) is 0 Å². The fraction of sp³-hybridized carbons (Fsp3) is 0.143. The Morgan fingerprint density at radius 1 is 1.43 bits per heavy atom. The number of aryl methyl sites for hydroxylation is 1. The van der Waals surface area contributed by atoms with Crippen LogP contribution >= 0.6 is 28.3 Å². The molecule has 0 radical (unpaired) electrons. The predicted octanol–water partition coefficient (Wildman–Crippen LogP) is 2.57. The van der Waals surface area contributed by atoms with Gasteiger partial charge < -0.3 is 0 Å². The molecule has 0 aromatic heterocycles. The van der Waals surface area contributed by atoms with Crippen molar-refractivity contribution in [2.45, 2.75) is 11.8 Å². The molecular weight excluding hydrogens is 298 g/mol. The van der Waals surface area contributed by atoms with Crippen LogP contribution in [0.15, 0.2) is 21.5 Å². The lowest BCUT2D eigenvalue weighted by molar-refractivity contribution is 0.482. The largest absolute Gasteiger partial charge is 0.294 e. The summed E-state index contributed by atoms with van der Waals surface area (Å²) in [7, 11) is -4.27. The minimum absolute atomic E-state index is 0. The van der Waals surface area contributed by atoms with Crippen LogP contribution in [-0.2, 0) is 10.1 Å². The van der Waals surface area contributed by atoms with Crippen molar-refractivity contribution < 1.29 is 17.4 Å². The fourth-order valence-corrected chi connectivity index (χ4v) is 2.13. The highest BCUT2D eigenvalue weighted by molar-refractivity contribution is 9.10. The van der Waals surface area contributed by atoms with Gasteiger partial charge in [0.25, 0.3) is 10.1 Å². The first-order chi connectivity index (χ1) is 5.82. The molecule has 0 heterocycles. The Labute approximate surface area is 95.6 Å². The van der Waals surface area contributed by atoms with Gasteiger partial charge in [0.1, 0.15) is 5.82 Å². The third kappa shape index (κ3) is 2.91. The zero-order valence-electron chi connectivity index (χ0n) is 6.99. The topological polar surface area (TPSA) is 54.4 Å². The maximum atomic E-state index is 12.8. The Morgan fingerprint density at radius 2 is 1.93 bits per heavy atom. The van der Waals surface area contributed by atoms with E-state index in [9.17, 15) is 12.8 Å². The molecule has 3 nitrogen and oxygen atoms in total. The van der Waals surface area contributed by atoms with Crippen molar-refractivity contribution in [3.05, 3.63) is 28.0 Å². The second-order valence-corrected chi connectivity index (χ2v) is 4.75. The molecule has 0 bridgehead atoms. The first-order valence-electron chi connectivity index (χ1n) is 3.25. The minimum Gasteiger partial charge on any atom is -0.282 e. The van der Waals surface area contributed by atoms with Gasteiger partial charge in [0, 0.05) is 0 Å². The summed E-state index contributed by atoms with van der Waals surface area (Å²) >= 11 is 2.82. The maximum Gasteiger partial charge on any atom is 0.294 e. The van der Waals surface area contributed by atoms with E-state index in [-0.39, 0.29) is 27.3 Å². The average Bonchev–Trinajstić information content (AvgIpc) is 1.94. The van der Waals surface area contributed by atoms with Crippen molar-refractivity contribution in [1.82, 2.24) is 0 Å². The maximum absolute atomic E-state index is 12.8. The molecule has 1 rings (SSSR count). The summed E-state index contributed by atoms with van der Waals surface area (Å²) in [5.74, 6) is -0.565. The molecule has 0 saturated heterocycles. The van der Waals surface area contributed by atoms with E-state index in [1.807, 2.05) is 0 Å². The van der Waals surface area contributed by atoms with Gasteiger partial charge in [-0.15, -0.1) is 12.4 Å². The Kier molecular flexibility index (Phi) is 4.51. The molecule has 0 atom stereocenters. The molecular formula is C7H7BrClFO3S. The van der Waals surface area contributed by atoms with Crippen molar-refractivity contribution in [3.8, 4) is 0 Å². The van der Waals surface area contributed by atoms with Crippen LogP contribution in [0.1, 0.15) is 5.56 Å². The summed E-state index contributed by atoms with van der Waals surface area (Å²) in [6.07, 6.45) is 0. The standard InChI is InChI=1S/C7H6BrFO3S.ClH/c1-4-2-6(9)5(8)3-7(4)13(10,11)12;/h2-3H,1H3,(H,10,11,12);1H. The van der Waals surface area contributed by atoms with E-state index >= 15 is 0 Å². The molecule has 80 valence electrons. The van der Waals surface area contributed by atoms with Crippen molar-refractivity contribution in [3.63, 3.8) is 0 Å². The molecule has 1 aromatic carbocycles. The van der Waals surface area contributed by atoms with E-state index < -0.39 is 15.9 Å². The summed E-state index contributed by atoms with van der Waals surface area (Å²) in [5.41, 5.74) is 0.170. The van der Waals surface area contributed by atoms with E-state index in [0.717, 1.165) is 12.1 Å². The van der Waals surface area contributed by atoms with E-state index in [4.69, 9.17) is 4.55 Å². The molecule has 0 unspecified atom stereocenters. The van der Waals surface area contributed by atoms with Crippen LogP contribution in [0, 0.1) is 12.7 Å². The number of benzene rings is 1. The Bertz CT molecular complexity index is 446. The van der Waals surface area contributed by atoms with Gasteiger partial charge in [-0.2, -0.15) is 8.42 Å². The molecule has 1 aromatic rings. The van der Waals surface area contributed by atoms with Crippen LogP contribution in [-0.4, -0.2) is 13.0 Å². The number of hydrogen-bond donors (Lipinski definition) is 1. The van der Waals surface area contributed by atoms with Gasteiger partial charge in [-0.3, -0.25) is 4.55 Å². The third-order valence-corrected chi connectivity index (χ3v) is 3.10. The Balaban J connectivity index is 0.00000169. The number of halogens is 3. The molecule has 0 aliphatic rings. The number of hydrogen-bond acceptors (Lipinski definition) is 2. The lowest BCUT2D eigenvalue weighted by Gasteiger charge is -2.03. The molecule has 0 aliphatic heterocycles. The Hall–Kier alpha value is -0.170. The summed E-state index contributed by atoms with van der Waals surface area (Å²) in [4.78, 5) is -0.291. The van der Waals surface area contributed by atoms with Gasteiger partial charge in [0.2, 0.25) is 0 Å². The lowest BCUT2D eigenvalue weighted by Crippen LogP contribution is -2.01. The van der Waals surface area contributed by atoms with Crippen LogP contribution in [0.3, 0.4) is 0 Å². The van der Waals surface area contributed by atoms with E-state index in [0.29, 0.717) is 0 Å². The zero-order valence-corrected chi connectivity index (χ0v) is 10.2. The summed E-state index contributed by atoms with van der Waals surface area (Å²) in [5, 5.41) is 0. The van der Waals surface area contributed by atoms with Gasteiger partial charge in [0.05, 0.1) is 9.37 Å². The highest BCUT2D eigenvalue weighted by Gasteiger charge is 2.15. The second-order valence-electron chi connectivity index (χ2n) is 2.51. The molecule has 0 fully saturated rings. The fourth-order valence-electron chi connectivity index (χ4n) is 0.906. The molecule has 0 aliphatic carbocycles. The first kappa shape index (κ1) is 13.8. The minimum atomic E-state index is -4.27. The van der Waals surface area contributed by atoms with Gasteiger partial charge >= 0.3 is 0 Å². The third-order valence-electron chi connectivity index (χ3n) is 1.50. The quantitative estimate of drug-likeness (QED) is 0.811. The van der Waals surface area contributed by atoms with Gasteiger partial charge in [0.15, 0.2) is 0 Å². The molecule has 1 N–H and O–H groups in total. The second kappa shape index (κ2) is 4.57. The Morgan fingerprint density at radius 3 is 2.36 bits per heavy atom. The molecule has 14 heavy (non-hydrogen) atoms. The molecule has 7 heteroatoms. The SMILES string of the molecule is Cc1cc(F)c(Br)cc1S(=O)(=O)O.Cl. The molecule has 0 saturated carbocycles. The summed E-state index contributed by atoms with van der Waals surface area (Å²) in [6, 6.07) is 2.06. The normalized spacial score (nSPS) is 10.9. The van der Waals surface area contributed by atoms with Crippen molar-refractivity contribution in [1.29, 1.82) is 0 Å². The zero-order chi connectivity index (χ0) is 10.2. The van der Waals surface area contributed by atoms with Crippen LogP contribution in [0.2, 0.25) is 0 Å². The summed E-state index contributed by atoms with van der Waals surface area (Å²) in [6.45, 7) is 1.40. The van der Waals surface area contributed by atoms with Crippen LogP contribution in [0.25, 0.3) is 0 Å². The monoisotopic (exact) mass is 304 g/mol. The van der Waals surface area contributed by atoms with Crippen LogP contribution < -0.4 is 0 Å². The van der Waals surface area contributed by atoms with Crippen LogP contribution in [0.5, 0.6) is 0 Å². The van der Waals surface area contributed by atoms with Gasteiger partial charge in [-0.25, -0.2) is 4.39 Å². The smallest absolute Gasteiger partial charge is 0.282 e. The number of rotatable bonds is 1. The first-order valence-corrected chi connectivity index (χ1v) is 5.49. The lowest BCUT2D eigenvalue weighted by atomic mass is 10.2. The van der Waals surface area contributed by atoms with Crippen molar-refractivity contribution >= 4 is 38.5 Å².